The molecule has 17 heavy (non-hydrogen) atoms. The lowest BCUT2D eigenvalue weighted by Gasteiger charge is -2.12. The summed E-state index contributed by atoms with van der Waals surface area (Å²) >= 11 is 0. The number of hydrogen-bond acceptors (Lipinski definition) is 3. The number of benzene rings is 1. The van der Waals surface area contributed by atoms with Crippen molar-refractivity contribution in [3.05, 3.63) is 47.0 Å². The van der Waals surface area contributed by atoms with E-state index in [4.69, 9.17) is 0 Å². The summed E-state index contributed by atoms with van der Waals surface area (Å²) in [7, 11) is 1.76. The summed E-state index contributed by atoms with van der Waals surface area (Å²) in [5.74, 6) is -0.344. The first kappa shape index (κ1) is 11.7. The molecule has 1 atom stereocenters. The molecule has 0 amide bonds. The highest BCUT2D eigenvalue weighted by atomic mass is 19.1. The first-order valence-electron chi connectivity index (χ1n) is 5.35. The van der Waals surface area contributed by atoms with E-state index in [0.717, 1.165) is 5.56 Å². The Kier molecular flexibility index (Phi) is 3.19. The standard InChI is InChI=1S/C12H14FN3O/c1-8-3-4-9(13)5-11(8)12(17)6-10-7-16(2)15-14-10/h3-5,7,12,17H,6H2,1-2H3. The Bertz CT molecular complexity index is 524. The lowest BCUT2D eigenvalue weighted by atomic mass is 10.00. The Balaban J connectivity index is 2.19. The molecular formula is C12H14FN3O. The first-order valence-corrected chi connectivity index (χ1v) is 5.35. The SMILES string of the molecule is Cc1ccc(F)cc1C(O)Cc1cn(C)nn1. The maximum Gasteiger partial charge on any atom is 0.123 e. The molecule has 4 nitrogen and oxygen atoms in total. The van der Waals surface area contributed by atoms with E-state index in [1.807, 2.05) is 6.92 Å². The van der Waals surface area contributed by atoms with Crippen LogP contribution in [0.1, 0.15) is 22.9 Å². The number of aryl methyl sites for hydroxylation is 2. The van der Waals surface area contributed by atoms with E-state index in [1.165, 1.54) is 12.1 Å². The molecule has 0 bridgehead atoms. The Morgan fingerprint density at radius 2 is 2.24 bits per heavy atom. The lowest BCUT2D eigenvalue weighted by molar-refractivity contribution is 0.176. The zero-order chi connectivity index (χ0) is 12.4. The van der Waals surface area contributed by atoms with E-state index in [0.29, 0.717) is 17.7 Å². The Labute approximate surface area is 98.7 Å². The monoisotopic (exact) mass is 235 g/mol. The smallest absolute Gasteiger partial charge is 0.123 e. The zero-order valence-electron chi connectivity index (χ0n) is 9.76. The fourth-order valence-electron chi connectivity index (χ4n) is 1.77. The van der Waals surface area contributed by atoms with Crippen LogP contribution in [0.25, 0.3) is 0 Å². The molecule has 1 aromatic heterocycles. The van der Waals surface area contributed by atoms with Gasteiger partial charge in [-0.3, -0.25) is 4.68 Å². The van der Waals surface area contributed by atoms with Gasteiger partial charge in [-0.15, -0.1) is 5.10 Å². The second-order valence-electron chi connectivity index (χ2n) is 4.10. The molecule has 90 valence electrons. The second kappa shape index (κ2) is 4.63. The third-order valence-electron chi connectivity index (χ3n) is 2.65. The van der Waals surface area contributed by atoms with Crippen LogP contribution < -0.4 is 0 Å². The third kappa shape index (κ3) is 2.68. The number of rotatable bonds is 3. The quantitative estimate of drug-likeness (QED) is 0.878. The van der Waals surface area contributed by atoms with Crippen LogP contribution in [0.2, 0.25) is 0 Å². The van der Waals surface area contributed by atoms with Gasteiger partial charge in [0.05, 0.1) is 11.8 Å². The summed E-state index contributed by atoms with van der Waals surface area (Å²) in [5, 5.41) is 17.7. The topological polar surface area (TPSA) is 50.9 Å². The molecule has 0 spiro atoms. The normalized spacial score (nSPS) is 12.7. The van der Waals surface area contributed by atoms with Gasteiger partial charge in [0.25, 0.3) is 0 Å². The molecule has 1 unspecified atom stereocenters. The highest BCUT2D eigenvalue weighted by Gasteiger charge is 2.13. The Morgan fingerprint density at radius 1 is 1.47 bits per heavy atom. The molecule has 0 aliphatic carbocycles. The van der Waals surface area contributed by atoms with Crippen molar-refractivity contribution < 1.29 is 9.50 Å². The minimum atomic E-state index is -0.762. The summed E-state index contributed by atoms with van der Waals surface area (Å²) in [5.41, 5.74) is 2.14. The van der Waals surface area contributed by atoms with Crippen LogP contribution in [0.15, 0.2) is 24.4 Å². The molecule has 2 rings (SSSR count). The third-order valence-corrected chi connectivity index (χ3v) is 2.65. The number of aliphatic hydroxyl groups excluding tert-OH is 1. The maximum absolute atomic E-state index is 13.1. The van der Waals surface area contributed by atoms with Crippen LogP contribution in [0.5, 0.6) is 0 Å². The van der Waals surface area contributed by atoms with Gasteiger partial charge in [-0.2, -0.15) is 0 Å². The van der Waals surface area contributed by atoms with E-state index < -0.39 is 6.10 Å². The van der Waals surface area contributed by atoms with Crippen molar-refractivity contribution >= 4 is 0 Å². The second-order valence-corrected chi connectivity index (χ2v) is 4.10. The van der Waals surface area contributed by atoms with Crippen molar-refractivity contribution in [3.63, 3.8) is 0 Å². The molecule has 0 saturated carbocycles. The zero-order valence-corrected chi connectivity index (χ0v) is 9.76. The Hall–Kier alpha value is -1.75. The van der Waals surface area contributed by atoms with Gasteiger partial charge in [0.1, 0.15) is 5.82 Å². The van der Waals surface area contributed by atoms with Gasteiger partial charge in [0, 0.05) is 19.7 Å². The number of nitrogens with zero attached hydrogens (tertiary/aromatic N) is 3. The predicted molar refractivity (Wildman–Crippen MR) is 60.8 cm³/mol. The van der Waals surface area contributed by atoms with Gasteiger partial charge < -0.3 is 5.11 Å². The molecule has 0 saturated heterocycles. The molecular weight excluding hydrogens is 221 g/mol. The van der Waals surface area contributed by atoms with Gasteiger partial charge in [-0.05, 0) is 30.2 Å². The van der Waals surface area contributed by atoms with Crippen molar-refractivity contribution in [2.75, 3.05) is 0 Å². The largest absolute Gasteiger partial charge is 0.388 e. The van der Waals surface area contributed by atoms with Gasteiger partial charge >= 0.3 is 0 Å². The average Bonchev–Trinajstić information content (AvgIpc) is 2.67. The molecule has 1 heterocycles. The average molecular weight is 235 g/mol. The molecule has 0 radical (unpaired) electrons. The predicted octanol–water partition coefficient (Wildman–Crippen LogP) is 1.54. The number of aromatic nitrogens is 3. The highest BCUT2D eigenvalue weighted by Crippen LogP contribution is 2.21. The van der Waals surface area contributed by atoms with E-state index in [-0.39, 0.29) is 5.82 Å². The van der Waals surface area contributed by atoms with Crippen molar-refractivity contribution in [2.24, 2.45) is 7.05 Å². The van der Waals surface area contributed by atoms with Crippen molar-refractivity contribution in [1.29, 1.82) is 0 Å². The van der Waals surface area contributed by atoms with Crippen LogP contribution in [0.3, 0.4) is 0 Å². The van der Waals surface area contributed by atoms with Gasteiger partial charge in [0.15, 0.2) is 0 Å². The lowest BCUT2D eigenvalue weighted by Crippen LogP contribution is -2.04. The van der Waals surface area contributed by atoms with E-state index in [1.54, 1.807) is 24.0 Å². The van der Waals surface area contributed by atoms with Gasteiger partial charge in [0.2, 0.25) is 0 Å². The summed E-state index contributed by atoms with van der Waals surface area (Å²) in [6.07, 6.45) is 1.30. The Morgan fingerprint density at radius 3 is 2.88 bits per heavy atom. The minimum absolute atomic E-state index is 0.331. The van der Waals surface area contributed by atoms with Crippen LogP contribution in [0, 0.1) is 12.7 Å². The maximum atomic E-state index is 13.1. The van der Waals surface area contributed by atoms with Crippen molar-refractivity contribution in [3.8, 4) is 0 Å². The van der Waals surface area contributed by atoms with Crippen LogP contribution in [0.4, 0.5) is 4.39 Å². The summed E-state index contributed by atoms with van der Waals surface area (Å²) in [6, 6.07) is 4.40. The van der Waals surface area contributed by atoms with E-state index >= 15 is 0 Å². The van der Waals surface area contributed by atoms with Crippen LogP contribution in [-0.2, 0) is 13.5 Å². The fourth-order valence-corrected chi connectivity index (χ4v) is 1.77. The number of hydrogen-bond donors (Lipinski definition) is 1. The molecule has 2 aromatic rings. The number of halogens is 1. The number of aliphatic hydroxyl groups is 1. The summed E-state index contributed by atoms with van der Waals surface area (Å²) < 4.78 is 14.7. The molecule has 1 aromatic carbocycles. The van der Waals surface area contributed by atoms with Crippen LogP contribution >= 0.6 is 0 Å². The molecule has 0 fully saturated rings. The van der Waals surface area contributed by atoms with Gasteiger partial charge in [-0.1, -0.05) is 11.3 Å². The van der Waals surface area contributed by atoms with E-state index in [2.05, 4.69) is 10.3 Å². The molecule has 1 N–H and O–H groups in total. The highest BCUT2D eigenvalue weighted by molar-refractivity contribution is 5.29. The fraction of sp³-hybridized carbons (Fsp3) is 0.333. The minimum Gasteiger partial charge on any atom is -0.388 e. The van der Waals surface area contributed by atoms with Gasteiger partial charge in [-0.25, -0.2) is 4.39 Å². The summed E-state index contributed by atoms with van der Waals surface area (Å²) in [4.78, 5) is 0. The first-order chi connectivity index (χ1) is 8.06. The van der Waals surface area contributed by atoms with E-state index in [9.17, 15) is 9.50 Å². The van der Waals surface area contributed by atoms with Crippen LogP contribution in [-0.4, -0.2) is 20.1 Å². The van der Waals surface area contributed by atoms with Crippen molar-refractivity contribution in [1.82, 2.24) is 15.0 Å². The summed E-state index contributed by atoms with van der Waals surface area (Å²) in [6.45, 7) is 1.84. The molecule has 5 heteroatoms. The molecule has 0 aliphatic heterocycles. The molecule has 0 aliphatic rings. The van der Waals surface area contributed by atoms with Crippen molar-refractivity contribution in [2.45, 2.75) is 19.4 Å².